The number of aliphatic hydroxyl groups is 1. The number of carbonyl (C=O) groups is 1. The minimum absolute atomic E-state index is 0.0159. The number of aliphatic hydroxyl groups excluding tert-OH is 1. The Balaban J connectivity index is 2.43. The number of hydrogen-bond donors (Lipinski definition) is 2. The van der Waals surface area contributed by atoms with Crippen molar-refractivity contribution >= 4 is 24.2 Å². The monoisotopic (exact) mass is 545 g/mol. The highest BCUT2D eigenvalue weighted by molar-refractivity contribution is 7.90. The van der Waals surface area contributed by atoms with Crippen LogP contribution in [0.5, 0.6) is 0 Å². The Bertz CT molecular complexity index is 1120. The van der Waals surface area contributed by atoms with E-state index in [4.69, 9.17) is 4.43 Å². The van der Waals surface area contributed by atoms with E-state index < -0.39 is 36.5 Å². The van der Waals surface area contributed by atoms with Crippen molar-refractivity contribution in [2.45, 2.75) is 89.1 Å². The number of sulfonamides is 1. The summed E-state index contributed by atoms with van der Waals surface area (Å²) in [5, 5.41) is 10.8. The highest BCUT2D eigenvalue weighted by Crippen LogP contribution is 2.43. The average Bonchev–Trinajstić information content (AvgIpc) is 2.83. The molecular weight excluding hydrogens is 502 g/mol. The second kappa shape index (κ2) is 13.0. The Morgan fingerprint density at radius 1 is 0.865 bits per heavy atom. The molecule has 1 amide bonds. The zero-order chi connectivity index (χ0) is 28.0. The lowest BCUT2D eigenvalue weighted by Crippen LogP contribution is -2.53. The average molecular weight is 546 g/mol. The van der Waals surface area contributed by atoms with Gasteiger partial charge in [-0.3, -0.25) is 4.79 Å². The quantitative estimate of drug-likeness (QED) is 0.242. The molecule has 0 bridgehead atoms. The molecule has 2 aromatic rings. The Morgan fingerprint density at radius 2 is 1.38 bits per heavy atom. The third-order valence-corrected chi connectivity index (χ3v) is 14.5. The molecule has 204 valence electrons. The van der Waals surface area contributed by atoms with Crippen molar-refractivity contribution in [2.75, 3.05) is 0 Å². The van der Waals surface area contributed by atoms with Crippen LogP contribution in [0, 0.1) is 12.8 Å². The first kappa shape index (κ1) is 31.0. The smallest absolute Gasteiger partial charge is 0.265 e. The van der Waals surface area contributed by atoms with Crippen molar-refractivity contribution in [2.24, 2.45) is 5.92 Å². The Morgan fingerprint density at radius 3 is 1.86 bits per heavy atom. The predicted molar refractivity (Wildman–Crippen MR) is 152 cm³/mol. The number of benzene rings is 2. The standard InChI is InChI=1S/C29H43NO5SSi/c1-20(2)37(21(3)4,22(5)6)35-27(19-16-24(8)28(31)25-12-10-9-11-13-25)29(32)30-36(33,34)26-17-14-23(7)15-18-26/h9-22,24,27-28,31H,1-8H3,(H,30,32)/b19-16+/t24-,27-,28+/m1/s1. The fourth-order valence-electron chi connectivity index (χ4n) is 5.11. The number of nitrogens with one attached hydrogen (secondary N) is 1. The van der Waals surface area contributed by atoms with Gasteiger partial charge in [0.15, 0.2) is 0 Å². The van der Waals surface area contributed by atoms with Crippen molar-refractivity contribution in [3.8, 4) is 0 Å². The van der Waals surface area contributed by atoms with Crippen LogP contribution in [0.15, 0.2) is 71.6 Å². The van der Waals surface area contributed by atoms with E-state index in [0.29, 0.717) is 0 Å². The van der Waals surface area contributed by atoms with Crippen molar-refractivity contribution in [1.29, 1.82) is 0 Å². The van der Waals surface area contributed by atoms with Crippen molar-refractivity contribution in [1.82, 2.24) is 4.72 Å². The summed E-state index contributed by atoms with van der Waals surface area (Å²) < 4.78 is 35.0. The lowest BCUT2D eigenvalue weighted by molar-refractivity contribution is -0.124. The molecule has 2 rings (SSSR count). The molecule has 37 heavy (non-hydrogen) atoms. The van der Waals surface area contributed by atoms with Gasteiger partial charge in [0.2, 0.25) is 8.32 Å². The van der Waals surface area contributed by atoms with E-state index in [-0.39, 0.29) is 27.4 Å². The van der Waals surface area contributed by atoms with Crippen LogP contribution in [0.4, 0.5) is 0 Å². The molecule has 0 aliphatic carbocycles. The molecule has 0 aromatic heterocycles. The number of amides is 1. The van der Waals surface area contributed by atoms with Gasteiger partial charge in [0.25, 0.3) is 15.9 Å². The minimum Gasteiger partial charge on any atom is -0.401 e. The van der Waals surface area contributed by atoms with E-state index in [9.17, 15) is 18.3 Å². The van der Waals surface area contributed by atoms with E-state index in [0.717, 1.165) is 11.1 Å². The molecule has 0 aliphatic rings. The van der Waals surface area contributed by atoms with E-state index in [1.54, 1.807) is 24.3 Å². The van der Waals surface area contributed by atoms with Crippen LogP contribution in [0.25, 0.3) is 0 Å². The molecule has 0 spiro atoms. The SMILES string of the molecule is Cc1ccc(S(=O)(=O)NC(=O)[C@@H](/C=C/[C@@H](C)[C@H](O)c2ccccc2)O[Si](C(C)C)(C(C)C)C(C)C)cc1. The summed E-state index contributed by atoms with van der Waals surface area (Å²) in [6.45, 7) is 16.4. The van der Waals surface area contributed by atoms with E-state index in [2.05, 4.69) is 46.3 Å². The number of aryl methyl sites for hydroxylation is 1. The van der Waals surface area contributed by atoms with Gasteiger partial charge >= 0.3 is 0 Å². The van der Waals surface area contributed by atoms with E-state index in [1.807, 2.05) is 44.2 Å². The van der Waals surface area contributed by atoms with E-state index in [1.165, 1.54) is 12.1 Å². The minimum atomic E-state index is -4.08. The number of hydrogen-bond acceptors (Lipinski definition) is 5. The van der Waals surface area contributed by atoms with Gasteiger partial charge in [-0.1, -0.05) is 109 Å². The number of carbonyl (C=O) groups excluding carboxylic acids is 1. The maximum atomic E-state index is 13.5. The molecule has 8 heteroatoms. The fraction of sp³-hybridized carbons (Fsp3) is 0.483. The summed E-state index contributed by atoms with van der Waals surface area (Å²) in [6.07, 6.45) is 1.44. The molecule has 0 unspecified atom stereocenters. The first-order valence-electron chi connectivity index (χ1n) is 12.9. The highest BCUT2D eigenvalue weighted by atomic mass is 32.2. The van der Waals surface area contributed by atoms with Crippen LogP contribution in [0.2, 0.25) is 16.6 Å². The zero-order valence-electron chi connectivity index (χ0n) is 23.3. The zero-order valence-corrected chi connectivity index (χ0v) is 25.1. The van der Waals surface area contributed by atoms with Gasteiger partial charge in [-0.15, -0.1) is 0 Å². The van der Waals surface area contributed by atoms with Gasteiger partial charge in [-0.2, -0.15) is 0 Å². The second-order valence-corrected chi connectivity index (χ2v) is 17.8. The highest BCUT2D eigenvalue weighted by Gasteiger charge is 2.47. The summed E-state index contributed by atoms with van der Waals surface area (Å²) >= 11 is 0. The first-order chi connectivity index (χ1) is 17.2. The lowest BCUT2D eigenvalue weighted by atomic mass is 9.96. The summed E-state index contributed by atoms with van der Waals surface area (Å²) in [7, 11) is -6.63. The van der Waals surface area contributed by atoms with Crippen LogP contribution in [-0.4, -0.2) is 33.9 Å². The molecule has 0 saturated carbocycles. The fourth-order valence-corrected chi connectivity index (χ4v) is 11.5. The molecule has 2 aromatic carbocycles. The van der Waals surface area contributed by atoms with Gasteiger partial charge in [0, 0.05) is 5.92 Å². The largest absolute Gasteiger partial charge is 0.401 e. The maximum absolute atomic E-state index is 13.5. The van der Waals surface area contributed by atoms with Gasteiger partial charge in [-0.05, 0) is 41.2 Å². The molecular formula is C29H43NO5SSi. The normalized spacial score (nSPS) is 15.4. The molecule has 2 N–H and O–H groups in total. The molecule has 3 atom stereocenters. The topological polar surface area (TPSA) is 92.7 Å². The van der Waals surface area contributed by atoms with Crippen LogP contribution in [0.1, 0.15) is 65.7 Å². The van der Waals surface area contributed by atoms with E-state index >= 15 is 0 Å². The summed E-state index contributed by atoms with van der Waals surface area (Å²) in [5.74, 6) is -1.07. The molecule has 0 aliphatic heterocycles. The number of rotatable bonds is 12. The van der Waals surface area contributed by atoms with Gasteiger partial charge in [-0.25, -0.2) is 13.1 Å². The van der Waals surface area contributed by atoms with Crippen molar-refractivity contribution in [3.05, 3.63) is 77.9 Å². The molecule has 6 nitrogen and oxygen atoms in total. The van der Waals surface area contributed by atoms with Crippen LogP contribution in [-0.2, 0) is 19.2 Å². The van der Waals surface area contributed by atoms with Gasteiger partial charge in [0.05, 0.1) is 11.0 Å². The van der Waals surface area contributed by atoms with Crippen LogP contribution in [0.3, 0.4) is 0 Å². The van der Waals surface area contributed by atoms with Gasteiger partial charge < -0.3 is 9.53 Å². The first-order valence-corrected chi connectivity index (χ1v) is 16.6. The Labute approximate surface area is 224 Å². The Hall–Kier alpha value is -2.26. The van der Waals surface area contributed by atoms with Crippen molar-refractivity contribution < 1.29 is 22.7 Å². The molecule has 0 radical (unpaired) electrons. The Kier molecular flexibility index (Phi) is 10.9. The third-order valence-electron chi connectivity index (χ3n) is 7.09. The third kappa shape index (κ3) is 7.63. The maximum Gasteiger partial charge on any atom is 0.265 e. The summed E-state index contributed by atoms with van der Waals surface area (Å²) in [5.41, 5.74) is 2.26. The predicted octanol–water partition coefficient (Wildman–Crippen LogP) is 6.29. The molecule has 0 saturated heterocycles. The second-order valence-electron chi connectivity index (χ2n) is 10.7. The van der Waals surface area contributed by atoms with Crippen LogP contribution >= 0.6 is 0 Å². The van der Waals surface area contributed by atoms with Crippen LogP contribution < -0.4 is 4.72 Å². The van der Waals surface area contributed by atoms with Crippen molar-refractivity contribution in [3.63, 3.8) is 0 Å². The van der Waals surface area contributed by atoms with Gasteiger partial charge in [0.1, 0.15) is 6.10 Å². The molecule has 0 fully saturated rings. The lowest BCUT2D eigenvalue weighted by Gasteiger charge is -2.43. The molecule has 0 heterocycles. The summed E-state index contributed by atoms with van der Waals surface area (Å²) in [6, 6.07) is 15.6. The summed E-state index contributed by atoms with van der Waals surface area (Å²) in [4.78, 5) is 13.5.